The van der Waals surface area contributed by atoms with Crippen molar-refractivity contribution in [1.82, 2.24) is 0 Å². The molecule has 1 aliphatic heterocycles. The van der Waals surface area contributed by atoms with E-state index in [9.17, 15) is 15.5 Å². The van der Waals surface area contributed by atoms with Crippen LogP contribution in [0.4, 0.5) is 0 Å². The van der Waals surface area contributed by atoms with E-state index in [1.54, 1.807) is 31.3 Å². The van der Waals surface area contributed by atoms with Crippen LogP contribution in [0.1, 0.15) is 29.0 Å². The van der Waals surface area contributed by atoms with Gasteiger partial charge in [-0.3, -0.25) is 4.99 Å². The van der Waals surface area contributed by atoms with E-state index in [0.717, 1.165) is 5.56 Å². The molecule has 6 heteroatoms. The maximum atomic E-state index is 12.5. The molecular weight excluding hydrogens is 404 g/mol. The van der Waals surface area contributed by atoms with E-state index in [1.807, 2.05) is 30.3 Å². The first-order chi connectivity index (χ1) is 15.5. The molecule has 1 unspecified atom stereocenters. The molecule has 2 aromatic rings. The summed E-state index contributed by atoms with van der Waals surface area (Å²) in [4.78, 5) is 4.06. The van der Waals surface area contributed by atoms with Crippen molar-refractivity contribution in [3.63, 3.8) is 0 Å². The van der Waals surface area contributed by atoms with E-state index in [0.29, 0.717) is 28.9 Å². The van der Waals surface area contributed by atoms with Gasteiger partial charge in [-0.25, -0.2) is 0 Å². The highest BCUT2D eigenvalue weighted by Crippen LogP contribution is 2.68. The largest absolute Gasteiger partial charge is 0.495 e. The molecule has 1 aliphatic carbocycles. The van der Waals surface area contributed by atoms with Gasteiger partial charge in [0, 0.05) is 25.5 Å². The minimum absolute atomic E-state index is 0.252. The Labute approximate surface area is 187 Å². The molecule has 1 heterocycles. The van der Waals surface area contributed by atoms with Crippen LogP contribution in [0.15, 0.2) is 83.3 Å². The number of benzene rings is 2. The fourth-order valence-corrected chi connectivity index (χ4v) is 5.38. The van der Waals surface area contributed by atoms with E-state index in [4.69, 9.17) is 9.47 Å². The number of ether oxygens (including phenoxy) is 2. The first-order valence-electron chi connectivity index (χ1n) is 10.5. The molecule has 6 nitrogen and oxygen atoms in total. The van der Waals surface area contributed by atoms with Crippen molar-refractivity contribution in [1.29, 1.82) is 5.26 Å². The van der Waals surface area contributed by atoms with Gasteiger partial charge in [0.25, 0.3) is 0 Å². The highest BCUT2D eigenvalue weighted by molar-refractivity contribution is 5.80. The van der Waals surface area contributed by atoms with Gasteiger partial charge in [0.05, 0.1) is 30.5 Å². The van der Waals surface area contributed by atoms with E-state index in [2.05, 4.69) is 17.6 Å². The first-order valence-corrected chi connectivity index (χ1v) is 10.5. The number of hydrogen-bond acceptors (Lipinski definition) is 6. The van der Waals surface area contributed by atoms with Crippen LogP contribution < -0.4 is 0 Å². The normalized spacial score (nSPS) is 30.7. The van der Waals surface area contributed by atoms with Crippen LogP contribution in [0.5, 0.6) is 0 Å². The summed E-state index contributed by atoms with van der Waals surface area (Å²) in [5.74, 6) is -0.229. The third-order valence-corrected chi connectivity index (χ3v) is 6.69. The van der Waals surface area contributed by atoms with Gasteiger partial charge in [0.1, 0.15) is 17.1 Å². The van der Waals surface area contributed by atoms with Crippen molar-refractivity contribution < 1.29 is 19.7 Å². The molecule has 0 bridgehead atoms. The van der Waals surface area contributed by atoms with Gasteiger partial charge in [-0.15, -0.1) is 0 Å². The Bertz CT molecular complexity index is 1120. The molecular formula is C26H26N2O4. The number of nitriles is 1. The van der Waals surface area contributed by atoms with Crippen molar-refractivity contribution in [2.45, 2.75) is 23.5 Å². The van der Waals surface area contributed by atoms with E-state index in [-0.39, 0.29) is 18.3 Å². The topological polar surface area (TPSA) is 95.1 Å². The number of hydrogen-bond donors (Lipinski definition) is 2. The van der Waals surface area contributed by atoms with E-state index < -0.39 is 17.1 Å². The van der Waals surface area contributed by atoms with Crippen LogP contribution in [0.3, 0.4) is 0 Å². The molecule has 0 amide bonds. The molecule has 1 saturated heterocycles. The molecule has 2 aromatic carbocycles. The van der Waals surface area contributed by atoms with Gasteiger partial charge >= 0.3 is 0 Å². The molecule has 164 valence electrons. The monoisotopic (exact) mass is 430 g/mol. The van der Waals surface area contributed by atoms with Crippen LogP contribution in [0.25, 0.3) is 0 Å². The zero-order valence-corrected chi connectivity index (χ0v) is 18.2. The highest BCUT2D eigenvalue weighted by atomic mass is 16.5. The second-order valence-corrected chi connectivity index (χ2v) is 8.13. The lowest BCUT2D eigenvalue weighted by Gasteiger charge is -2.41. The fourth-order valence-electron chi connectivity index (χ4n) is 5.38. The molecule has 0 spiro atoms. The summed E-state index contributed by atoms with van der Waals surface area (Å²) in [6.07, 6.45) is 2.00. The van der Waals surface area contributed by atoms with Crippen LogP contribution in [-0.4, -0.2) is 42.8 Å². The number of aliphatic hydroxyl groups excluding tert-OH is 1. The molecule has 2 N–H and O–H groups in total. The molecule has 4 atom stereocenters. The average molecular weight is 431 g/mol. The lowest BCUT2D eigenvalue weighted by molar-refractivity contribution is -0.117. The Morgan fingerprint density at radius 2 is 1.97 bits per heavy atom. The van der Waals surface area contributed by atoms with Crippen molar-refractivity contribution in [2.75, 3.05) is 20.8 Å². The van der Waals surface area contributed by atoms with Gasteiger partial charge < -0.3 is 19.7 Å². The number of methoxy groups -OCH3 is 1. The summed E-state index contributed by atoms with van der Waals surface area (Å²) in [5.41, 5.74) is -0.349. The molecule has 4 rings (SSSR count). The number of aliphatic imine (C=N–C) groups is 1. The van der Waals surface area contributed by atoms with Gasteiger partial charge in [-0.2, -0.15) is 5.26 Å². The average Bonchev–Trinajstić information content (AvgIpc) is 3.21. The summed E-state index contributed by atoms with van der Waals surface area (Å²) in [5, 5.41) is 32.2. The minimum atomic E-state index is -1.64. The van der Waals surface area contributed by atoms with Gasteiger partial charge in [0.2, 0.25) is 0 Å². The maximum absolute atomic E-state index is 12.5. The number of nitrogens with zero attached hydrogens (tertiary/aromatic N) is 2. The minimum Gasteiger partial charge on any atom is -0.495 e. The maximum Gasteiger partial charge on any atom is 0.174 e. The van der Waals surface area contributed by atoms with Crippen molar-refractivity contribution in [3.8, 4) is 6.07 Å². The Kier molecular flexibility index (Phi) is 5.64. The third kappa shape index (κ3) is 2.89. The zero-order valence-electron chi connectivity index (χ0n) is 18.2. The second kappa shape index (κ2) is 8.27. The van der Waals surface area contributed by atoms with E-state index >= 15 is 0 Å². The predicted molar refractivity (Wildman–Crippen MR) is 121 cm³/mol. The van der Waals surface area contributed by atoms with Crippen LogP contribution in [0, 0.1) is 17.2 Å². The van der Waals surface area contributed by atoms with Crippen molar-refractivity contribution in [2.24, 2.45) is 10.9 Å². The highest BCUT2D eigenvalue weighted by Gasteiger charge is 2.74. The lowest BCUT2D eigenvalue weighted by Crippen LogP contribution is -2.52. The molecule has 2 fully saturated rings. The molecule has 2 aliphatic rings. The Morgan fingerprint density at radius 1 is 1.28 bits per heavy atom. The summed E-state index contributed by atoms with van der Waals surface area (Å²) < 4.78 is 12.1. The molecule has 1 saturated carbocycles. The Hall–Kier alpha value is -3.40. The zero-order chi connectivity index (χ0) is 22.9. The number of fused-ring (bicyclic) bond motifs is 1. The number of rotatable bonds is 5. The summed E-state index contributed by atoms with van der Waals surface area (Å²) >= 11 is 0. The molecule has 0 radical (unpaired) electrons. The van der Waals surface area contributed by atoms with Crippen LogP contribution in [0.2, 0.25) is 0 Å². The van der Waals surface area contributed by atoms with Crippen molar-refractivity contribution in [3.05, 3.63) is 95.0 Å². The van der Waals surface area contributed by atoms with Gasteiger partial charge in [-0.1, -0.05) is 49.0 Å². The van der Waals surface area contributed by atoms with Crippen molar-refractivity contribution >= 4 is 6.21 Å². The summed E-state index contributed by atoms with van der Waals surface area (Å²) in [7, 11) is 3.11. The van der Waals surface area contributed by atoms with Gasteiger partial charge in [-0.05, 0) is 29.7 Å². The Morgan fingerprint density at radius 3 is 2.53 bits per heavy atom. The Balaban J connectivity index is 2.06. The van der Waals surface area contributed by atoms with E-state index in [1.165, 1.54) is 13.3 Å². The van der Waals surface area contributed by atoms with Gasteiger partial charge in [0.15, 0.2) is 5.60 Å². The summed E-state index contributed by atoms with van der Waals surface area (Å²) in [6.45, 7) is 3.85. The standard InChI is InChI=1S/C26H26N2O4/c1-17-24(23(31-3)15-28-2)25(30)21(16-29)13-22(19-7-5-4-6-8-19)26(25,32-17)20-11-9-18(14-27)10-12-20/h4-12,15,21-22,29-30H,1,13,16H2,2-3H3/b24-23-,28-15?/t21?,22-,25+,26-/m0/s1. The number of aliphatic hydroxyl groups is 2. The smallest absolute Gasteiger partial charge is 0.174 e. The fraction of sp³-hybridized carbons (Fsp3) is 0.308. The number of allylic oxidation sites excluding steroid dienone is 1. The molecule has 0 aromatic heterocycles. The lowest BCUT2D eigenvalue weighted by atomic mass is 9.69. The quantitative estimate of drug-likeness (QED) is 0.560. The third-order valence-electron chi connectivity index (χ3n) is 6.69. The molecule has 32 heavy (non-hydrogen) atoms. The second-order valence-electron chi connectivity index (χ2n) is 8.13. The van der Waals surface area contributed by atoms with Crippen LogP contribution >= 0.6 is 0 Å². The van der Waals surface area contributed by atoms with Crippen LogP contribution in [-0.2, 0) is 15.1 Å². The first kappa shape index (κ1) is 21.8. The predicted octanol–water partition coefficient (Wildman–Crippen LogP) is 3.43. The SMILES string of the molecule is C=C1O[C@@]2(c3ccc(C#N)cc3)[C@H](c3ccccc3)CC(CO)[C@@]2(O)/C1=C(/C=NC)OC. The summed E-state index contributed by atoms with van der Waals surface area (Å²) in [6, 6.07) is 19.0.